The van der Waals surface area contributed by atoms with Gasteiger partial charge in [-0.25, -0.2) is 8.78 Å². The molecule has 1 amide bonds. The van der Waals surface area contributed by atoms with Gasteiger partial charge < -0.3 is 5.32 Å². The van der Waals surface area contributed by atoms with Gasteiger partial charge in [0.1, 0.15) is 11.6 Å². The van der Waals surface area contributed by atoms with Gasteiger partial charge in [0.2, 0.25) is 5.91 Å². The molecule has 1 fully saturated rings. The Morgan fingerprint density at radius 1 is 1.38 bits per heavy atom. The van der Waals surface area contributed by atoms with Gasteiger partial charge in [0.25, 0.3) is 0 Å². The topological polar surface area (TPSA) is 32.3 Å². The third kappa shape index (κ3) is 3.92. The largest absolute Gasteiger partial charge is 0.352 e. The van der Waals surface area contributed by atoms with Crippen LogP contribution in [0.2, 0.25) is 5.02 Å². The SMILES string of the molecule is CC(C)N(Cc1c(F)ccc(F)c1Cl)CC1CCC(=O)N1. The van der Waals surface area contributed by atoms with Gasteiger partial charge >= 0.3 is 0 Å². The summed E-state index contributed by atoms with van der Waals surface area (Å²) in [5.74, 6) is -1.09. The van der Waals surface area contributed by atoms with E-state index < -0.39 is 11.6 Å². The number of nitrogens with zero attached hydrogens (tertiary/aromatic N) is 1. The van der Waals surface area contributed by atoms with Gasteiger partial charge in [-0.2, -0.15) is 0 Å². The Labute approximate surface area is 128 Å². The summed E-state index contributed by atoms with van der Waals surface area (Å²) in [4.78, 5) is 13.2. The van der Waals surface area contributed by atoms with Gasteiger partial charge in [-0.3, -0.25) is 9.69 Å². The molecule has 1 aromatic rings. The van der Waals surface area contributed by atoms with E-state index in [0.717, 1.165) is 18.6 Å². The molecule has 3 nitrogen and oxygen atoms in total. The van der Waals surface area contributed by atoms with Crippen molar-refractivity contribution in [2.75, 3.05) is 6.54 Å². The van der Waals surface area contributed by atoms with Gasteiger partial charge in [0.05, 0.1) is 5.02 Å². The van der Waals surface area contributed by atoms with Crippen LogP contribution in [0.4, 0.5) is 8.78 Å². The highest BCUT2D eigenvalue weighted by atomic mass is 35.5. The van der Waals surface area contributed by atoms with Crippen LogP contribution in [0.3, 0.4) is 0 Å². The molecule has 1 N–H and O–H groups in total. The first-order valence-electron chi connectivity index (χ1n) is 7.04. The van der Waals surface area contributed by atoms with Crippen LogP contribution in [0.25, 0.3) is 0 Å². The van der Waals surface area contributed by atoms with Gasteiger partial charge in [-0.1, -0.05) is 11.6 Å². The van der Waals surface area contributed by atoms with E-state index >= 15 is 0 Å². The van der Waals surface area contributed by atoms with Crippen molar-refractivity contribution < 1.29 is 13.6 Å². The Kier molecular flexibility index (Phi) is 5.17. The van der Waals surface area contributed by atoms with E-state index in [-0.39, 0.29) is 35.1 Å². The lowest BCUT2D eigenvalue weighted by Gasteiger charge is -2.29. The second-order valence-corrected chi connectivity index (χ2v) is 6.03. The summed E-state index contributed by atoms with van der Waals surface area (Å²) in [6.07, 6.45) is 1.28. The predicted molar refractivity (Wildman–Crippen MR) is 78.1 cm³/mol. The highest BCUT2D eigenvalue weighted by Gasteiger charge is 2.25. The van der Waals surface area contributed by atoms with Crippen LogP contribution in [0.15, 0.2) is 12.1 Å². The summed E-state index contributed by atoms with van der Waals surface area (Å²) >= 11 is 5.88. The smallest absolute Gasteiger partial charge is 0.220 e. The van der Waals surface area contributed by atoms with E-state index in [1.54, 1.807) is 0 Å². The maximum Gasteiger partial charge on any atom is 0.220 e. The molecule has 6 heteroatoms. The summed E-state index contributed by atoms with van der Waals surface area (Å²) in [5, 5.41) is 2.71. The third-order valence-electron chi connectivity index (χ3n) is 3.77. The molecule has 0 aliphatic carbocycles. The standard InChI is InChI=1S/C15H19ClF2N2O/c1-9(2)20(7-10-3-6-14(21)19-10)8-11-12(17)4-5-13(18)15(11)16/h4-5,9-10H,3,6-8H2,1-2H3,(H,19,21). The van der Waals surface area contributed by atoms with Gasteiger partial charge in [0.15, 0.2) is 0 Å². The Morgan fingerprint density at radius 2 is 2.05 bits per heavy atom. The monoisotopic (exact) mass is 316 g/mol. The molecule has 1 heterocycles. The van der Waals surface area contributed by atoms with E-state index in [4.69, 9.17) is 11.6 Å². The molecule has 1 unspecified atom stereocenters. The fraction of sp³-hybridized carbons (Fsp3) is 0.533. The molecule has 1 aliphatic rings. The van der Waals surface area contributed by atoms with Crippen molar-refractivity contribution in [2.24, 2.45) is 0 Å². The zero-order valence-electron chi connectivity index (χ0n) is 12.1. The number of amides is 1. The first kappa shape index (κ1) is 16.2. The molecule has 0 aromatic heterocycles. The van der Waals surface area contributed by atoms with E-state index in [0.29, 0.717) is 13.0 Å². The molecule has 0 spiro atoms. The maximum atomic E-state index is 13.9. The predicted octanol–water partition coefficient (Wildman–Crippen LogP) is 3.11. The molecule has 2 rings (SSSR count). The number of halogens is 3. The lowest BCUT2D eigenvalue weighted by molar-refractivity contribution is -0.119. The highest BCUT2D eigenvalue weighted by molar-refractivity contribution is 6.31. The van der Waals surface area contributed by atoms with Gasteiger partial charge in [0, 0.05) is 37.2 Å². The van der Waals surface area contributed by atoms with Crippen LogP contribution in [-0.4, -0.2) is 29.4 Å². The average molecular weight is 317 g/mol. The Morgan fingerprint density at radius 3 is 2.62 bits per heavy atom. The van der Waals surface area contributed by atoms with Crippen LogP contribution in [0.1, 0.15) is 32.3 Å². The summed E-state index contributed by atoms with van der Waals surface area (Å²) in [6.45, 7) is 4.76. The zero-order valence-corrected chi connectivity index (χ0v) is 12.9. The summed E-state index contributed by atoms with van der Waals surface area (Å²) < 4.78 is 27.4. The highest BCUT2D eigenvalue weighted by Crippen LogP contribution is 2.25. The minimum atomic E-state index is -0.619. The number of hydrogen-bond donors (Lipinski definition) is 1. The fourth-order valence-electron chi connectivity index (χ4n) is 2.47. The number of benzene rings is 1. The number of nitrogens with one attached hydrogen (secondary N) is 1. The van der Waals surface area contributed by atoms with Crippen molar-refractivity contribution >= 4 is 17.5 Å². The first-order valence-corrected chi connectivity index (χ1v) is 7.42. The number of rotatable bonds is 5. The van der Waals surface area contributed by atoms with E-state index in [9.17, 15) is 13.6 Å². The quantitative estimate of drug-likeness (QED) is 0.847. The minimum absolute atomic E-state index is 0.0404. The molecule has 1 saturated heterocycles. The Hall–Kier alpha value is -1.20. The van der Waals surface area contributed by atoms with E-state index in [1.165, 1.54) is 0 Å². The molecular formula is C15H19ClF2N2O. The van der Waals surface area contributed by atoms with Crippen LogP contribution < -0.4 is 5.32 Å². The lowest BCUT2D eigenvalue weighted by atomic mass is 10.1. The van der Waals surface area contributed by atoms with Crippen molar-refractivity contribution in [2.45, 2.75) is 45.3 Å². The van der Waals surface area contributed by atoms with Crippen molar-refractivity contribution in [1.82, 2.24) is 10.2 Å². The number of carbonyl (C=O) groups is 1. The second kappa shape index (κ2) is 6.71. The van der Waals surface area contributed by atoms with Crippen molar-refractivity contribution in [3.63, 3.8) is 0 Å². The molecule has 1 aliphatic heterocycles. The molecule has 116 valence electrons. The van der Waals surface area contributed by atoms with E-state index in [2.05, 4.69) is 5.32 Å². The van der Waals surface area contributed by atoms with Crippen LogP contribution in [0, 0.1) is 11.6 Å². The average Bonchev–Trinajstić information content (AvgIpc) is 2.83. The van der Waals surface area contributed by atoms with Crippen LogP contribution in [0.5, 0.6) is 0 Å². The van der Waals surface area contributed by atoms with Crippen molar-refractivity contribution in [3.8, 4) is 0 Å². The summed E-state index contributed by atoms with van der Waals surface area (Å²) in [6, 6.07) is 2.29. The Balaban J connectivity index is 2.13. The number of hydrogen-bond acceptors (Lipinski definition) is 2. The first-order chi connectivity index (χ1) is 9.88. The summed E-state index contributed by atoms with van der Waals surface area (Å²) in [7, 11) is 0. The molecule has 1 aromatic carbocycles. The minimum Gasteiger partial charge on any atom is -0.352 e. The molecular weight excluding hydrogens is 298 g/mol. The van der Waals surface area contributed by atoms with Gasteiger partial charge in [-0.05, 0) is 32.4 Å². The lowest BCUT2D eigenvalue weighted by Crippen LogP contribution is -2.41. The van der Waals surface area contributed by atoms with Crippen LogP contribution in [-0.2, 0) is 11.3 Å². The molecule has 0 bridgehead atoms. The summed E-state index contributed by atoms with van der Waals surface area (Å²) in [5.41, 5.74) is 0.162. The number of carbonyl (C=O) groups excluding carboxylic acids is 1. The third-order valence-corrected chi connectivity index (χ3v) is 4.18. The normalized spacial score (nSPS) is 18.6. The fourth-order valence-corrected chi connectivity index (χ4v) is 2.69. The maximum absolute atomic E-state index is 13.9. The molecule has 21 heavy (non-hydrogen) atoms. The van der Waals surface area contributed by atoms with Crippen LogP contribution >= 0.6 is 11.6 Å². The molecule has 1 atom stereocenters. The van der Waals surface area contributed by atoms with Crippen molar-refractivity contribution in [1.29, 1.82) is 0 Å². The molecule has 0 saturated carbocycles. The van der Waals surface area contributed by atoms with E-state index in [1.807, 2.05) is 18.7 Å². The van der Waals surface area contributed by atoms with Gasteiger partial charge in [-0.15, -0.1) is 0 Å². The molecule has 0 radical (unpaired) electrons. The van der Waals surface area contributed by atoms with Crippen molar-refractivity contribution in [3.05, 3.63) is 34.4 Å². The second-order valence-electron chi connectivity index (χ2n) is 5.65. The Bertz CT molecular complexity index is 537. The zero-order chi connectivity index (χ0) is 15.6.